The smallest absolute Gasteiger partial charge is 0.407 e. The lowest BCUT2D eigenvalue weighted by atomic mass is 9.91. The summed E-state index contributed by atoms with van der Waals surface area (Å²) in [7, 11) is 1.96. The Hall–Kier alpha value is -1.56. The summed E-state index contributed by atoms with van der Waals surface area (Å²) in [5.41, 5.74) is 1.97. The van der Waals surface area contributed by atoms with Crippen LogP contribution in [0, 0.1) is 6.92 Å². The number of hydrogen-bond donors (Lipinski definition) is 2. The van der Waals surface area contributed by atoms with E-state index in [9.17, 15) is 4.79 Å². The Morgan fingerprint density at radius 2 is 2.09 bits per heavy atom. The molecule has 1 heterocycles. The molecule has 6 nitrogen and oxygen atoms in total. The Morgan fingerprint density at radius 1 is 1.39 bits per heavy atom. The molecular weight excluding hydrogens is 292 g/mol. The van der Waals surface area contributed by atoms with E-state index < -0.39 is 5.60 Å². The molecule has 1 fully saturated rings. The van der Waals surface area contributed by atoms with Gasteiger partial charge in [-0.05, 0) is 53.4 Å². The van der Waals surface area contributed by atoms with E-state index in [4.69, 9.17) is 4.74 Å². The van der Waals surface area contributed by atoms with Crippen molar-refractivity contribution in [3.63, 3.8) is 0 Å². The van der Waals surface area contributed by atoms with Crippen LogP contribution < -0.4 is 10.6 Å². The van der Waals surface area contributed by atoms with Crippen molar-refractivity contribution >= 4 is 6.09 Å². The summed E-state index contributed by atoms with van der Waals surface area (Å²) in [4.78, 5) is 11.9. The lowest BCUT2D eigenvalue weighted by molar-refractivity contribution is 0.0488. The number of rotatable bonds is 4. The van der Waals surface area contributed by atoms with E-state index in [1.807, 2.05) is 38.7 Å². The molecule has 0 saturated heterocycles. The van der Waals surface area contributed by atoms with Gasteiger partial charge in [0.2, 0.25) is 0 Å². The van der Waals surface area contributed by atoms with E-state index >= 15 is 0 Å². The molecule has 1 saturated carbocycles. The second kappa shape index (κ2) is 7.34. The van der Waals surface area contributed by atoms with E-state index in [1.165, 1.54) is 11.3 Å². The van der Waals surface area contributed by atoms with Crippen molar-refractivity contribution in [1.29, 1.82) is 0 Å². The average Bonchev–Trinajstić information content (AvgIpc) is 2.75. The molecule has 6 heteroatoms. The minimum atomic E-state index is -0.450. The van der Waals surface area contributed by atoms with E-state index in [-0.39, 0.29) is 12.1 Å². The molecule has 23 heavy (non-hydrogen) atoms. The van der Waals surface area contributed by atoms with Crippen molar-refractivity contribution in [3.8, 4) is 0 Å². The monoisotopic (exact) mass is 322 g/mol. The quantitative estimate of drug-likeness (QED) is 0.894. The first-order chi connectivity index (χ1) is 10.7. The van der Waals surface area contributed by atoms with Crippen LogP contribution in [0.3, 0.4) is 0 Å². The minimum absolute atomic E-state index is 0.186. The maximum Gasteiger partial charge on any atom is 0.407 e. The number of aromatic nitrogens is 2. The van der Waals surface area contributed by atoms with Crippen molar-refractivity contribution in [2.75, 3.05) is 0 Å². The lowest BCUT2D eigenvalue weighted by Gasteiger charge is -2.31. The highest BCUT2D eigenvalue weighted by Gasteiger charge is 2.25. The maximum absolute atomic E-state index is 11.9. The fourth-order valence-corrected chi connectivity index (χ4v) is 2.95. The summed E-state index contributed by atoms with van der Waals surface area (Å²) in [6.07, 6.45) is 5.82. The van der Waals surface area contributed by atoms with Gasteiger partial charge in [-0.1, -0.05) is 0 Å². The van der Waals surface area contributed by atoms with Crippen LogP contribution in [0.25, 0.3) is 0 Å². The Kier molecular flexibility index (Phi) is 5.68. The number of nitrogens with one attached hydrogen (secondary N) is 2. The van der Waals surface area contributed by atoms with E-state index in [0.29, 0.717) is 6.04 Å². The zero-order chi connectivity index (χ0) is 17.0. The molecule has 2 rings (SSSR count). The summed E-state index contributed by atoms with van der Waals surface area (Å²) >= 11 is 0. The number of carbonyl (C=O) groups is 1. The van der Waals surface area contributed by atoms with Gasteiger partial charge in [0.05, 0.1) is 6.20 Å². The van der Waals surface area contributed by atoms with Crippen LogP contribution in [0.2, 0.25) is 0 Å². The average molecular weight is 322 g/mol. The zero-order valence-electron chi connectivity index (χ0n) is 15.0. The SMILES string of the molecule is Cc1c(CNC2CCCC(NC(=O)OC(C)(C)C)C2)cnn1C. The molecule has 1 aliphatic rings. The molecule has 0 aliphatic heterocycles. The van der Waals surface area contributed by atoms with Crippen molar-refractivity contribution in [3.05, 3.63) is 17.5 Å². The molecular formula is C17H30N4O2. The largest absolute Gasteiger partial charge is 0.444 e. The molecule has 0 radical (unpaired) electrons. The third kappa shape index (κ3) is 5.53. The summed E-state index contributed by atoms with van der Waals surface area (Å²) in [6, 6.07) is 0.606. The van der Waals surface area contributed by atoms with E-state index in [2.05, 4.69) is 22.7 Å². The standard InChI is InChI=1S/C17H30N4O2/c1-12-13(11-19-21(12)5)10-18-14-7-6-8-15(9-14)20-16(22)23-17(2,3)4/h11,14-15,18H,6-10H2,1-5H3,(H,20,22). The van der Waals surface area contributed by atoms with Gasteiger partial charge in [0.15, 0.2) is 0 Å². The van der Waals surface area contributed by atoms with Crippen LogP contribution >= 0.6 is 0 Å². The van der Waals surface area contributed by atoms with Crippen LogP contribution in [-0.4, -0.2) is 33.6 Å². The fourth-order valence-electron chi connectivity index (χ4n) is 2.95. The number of amides is 1. The Bertz CT molecular complexity index is 533. The van der Waals surface area contributed by atoms with Gasteiger partial charge in [-0.15, -0.1) is 0 Å². The second-order valence-corrected chi connectivity index (χ2v) is 7.47. The maximum atomic E-state index is 11.9. The number of carbonyl (C=O) groups excluding carboxylic acids is 1. The van der Waals surface area contributed by atoms with Crippen LogP contribution in [0.5, 0.6) is 0 Å². The molecule has 2 unspecified atom stereocenters. The van der Waals surface area contributed by atoms with Gasteiger partial charge >= 0.3 is 6.09 Å². The number of nitrogens with zero attached hydrogens (tertiary/aromatic N) is 2. The third-order valence-electron chi connectivity index (χ3n) is 4.31. The Balaban J connectivity index is 1.79. The molecule has 130 valence electrons. The second-order valence-electron chi connectivity index (χ2n) is 7.47. The van der Waals surface area contributed by atoms with Crippen LogP contribution in [-0.2, 0) is 18.3 Å². The predicted molar refractivity (Wildman–Crippen MR) is 90.2 cm³/mol. The van der Waals surface area contributed by atoms with Gasteiger partial charge < -0.3 is 15.4 Å². The van der Waals surface area contributed by atoms with Gasteiger partial charge in [-0.3, -0.25) is 4.68 Å². The van der Waals surface area contributed by atoms with Crippen molar-refractivity contribution < 1.29 is 9.53 Å². The lowest BCUT2D eigenvalue weighted by Crippen LogP contribution is -2.45. The predicted octanol–water partition coefficient (Wildman–Crippen LogP) is 2.65. The highest BCUT2D eigenvalue weighted by molar-refractivity contribution is 5.68. The van der Waals surface area contributed by atoms with Crippen LogP contribution in [0.1, 0.15) is 57.7 Å². The normalized spacial score (nSPS) is 22.0. The van der Waals surface area contributed by atoms with Gasteiger partial charge in [0.25, 0.3) is 0 Å². The first-order valence-electron chi connectivity index (χ1n) is 8.45. The topological polar surface area (TPSA) is 68.2 Å². The van der Waals surface area contributed by atoms with Crippen LogP contribution in [0.4, 0.5) is 4.79 Å². The minimum Gasteiger partial charge on any atom is -0.444 e. The summed E-state index contributed by atoms with van der Waals surface area (Å²) in [6.45, 7) is 8.55. The van der Waals surface area contributed by atoms with Gasteiger partial charge in [-0.2, -0.15) is 5.10 Å². The van der Waals surface area contributed by atoms with Crippen molar-refractivity contribution in [1.82, 2.24) is 20.4 Å². The Labute approximate surface area is 139 Å². The van der Waals surface area contributed by atoms with Gasteiger partial charge in [-0.25, -0.2) is 4.79 Å². The number of ether oxygens (including phenoxy) is 1. The molecule has 2 atom stereocenters. The summed E-state index contributed by atoms with van der Waals surface area (Å²) < 4.78 is 7.24. The van der Waals surface area contributed by atoms with Crippen LogP contribution in [0.15, 0.2) is 6.20 Å². The first kappa shape index (κ1) is 17.8. The molecule has 1 aromatic heterocycles. The van der Waals surface area contributed by atoms with E-state index in [1.54, 1.807) is 0 Å². The van der Waals surface area contributed by atoms with E-state index in [0.717, 1.165) is 32.2 Å². The van der Waals surface area contributed by atoms with Gasteiger partial charge in [0.1, 0.15) is 5.60 Å². The summed E-state index contributed by atoms with van der Waals surface area (Å²) in [5, 5.41) is 10.9. The molecule has 0 bridgehead atoms. The summed E-state index contributed by atoms with van der Waals surface area (Å²) in [5.74, 6) is 0. The number of hydrogen-bond acceptors (Lipinski definition) is 4. The fraction of sp³-hybridized carbons (Fsp3) is 0.765. The van der Waals surface area contributed by atoms with Crippen molar-refractivity contribution in [2.45, 2.75) is 77.6 Å². The van der Waals surface area contributed by atoms with Gasteiger partial charge in [0, 0.05) is 36.9 Å². The highest BCUT2D eigenvalue weighted by atomic mass is 16.6. The molecule has 0 spiro atoms. The molecule has 1 amide bonds. The third-order valence-corrected chi connectivity index (χ3v) is 4.31. The molecule has 1 aromatic rings. The number of alkyl carbamates (subject to hydrolysis) is 1. The zero-order valence-corrected chi connectivity index (χ0v) is 15.0. The molecule has 2 N–H and O–H groups in total. The molecule has 1 aliphatic carbocycles. The highest BCUT2D eigenvalue weighted by Crippen LogP contribution is 2.20. The first-order valence-corrected chi connectivity index (χ1v) is 8.45. The number of aryl methyl sites for hydroxylation is 1. The Morgan fingerprint density at radius 3 is 2.70 bits per heavy atom. The molecule has 0 aromatic carbocycles. The van der Waals surface area contributed by atoms with Crippen molar-refractivity contribution in [2.24, 2.45) is 7.05 Å².